The molecule has 0 bridgehead atoms. The molecule has 6 N–H and O–H groups in total. The number of piperidine rings is 1. The molecule has 214 valence electrons. The van der Waals surface area contributed by atoms with Gasteiger partial charge >= 0.3 is 5.97 Å². The minimum atomic E-state index is -1.37. The molecule has 3 aromatic rings. The zero-order valence-corrected chi connectivity index (χ0v) is 22.5. The fraction of sp³-hybridized carbons (Fsp3) is 0.480. The van der Waals surface area contributed by atoms with Gasteiger partial charge in [-0.15, -0.1) is 0 Å². The van der Waals surface area contributed by atoms with Crippen LogP contribution in [0.25, 0.3) is 11.2 Å². The SMILES string of the molecule is CNC1CCN(C(=O)COc2ccc(Cl)cc2CNc2ncnc3c2ncn3C2OC(C(=O)O)C(N)C2O)CC1. The molecule has 4 unspecified atom stereocenters. The van der Waals surface area contributed by atoms with E-state index in [2.05, 4.69) is 25.6 Å². The highest BCUT2D eigenvalue weighted by Crippen LogP contribution is 2.32. The number of carbonyl (C=O) groups excluding carboxylic acids is 1. The van der Waals surface area contributed by atoms with Gasteiger partial charge in [-0.2, -0.15) is 0 Å². The third kappa shape index (κ3) is 5.67. The van der Waals surface area contributed by atoms with Gasteiger partial charge in [-0.25, -0.2) is 19.7 Å². The number of imidazole rings is 1. The van der Waals surface area contributed by atoms with E-state index in [9.17, 15) is 19.8 Å². The van der Waals surface area contributed by atoms with Crippen molar-refractivity contribution < 1.29 is 29.3 Å². The molecule has 0 spiro atoms. The Morgan fingerprint density at radius 2 is 2.02 bits per heavy atom. The Morgan fingerprint density at radius 3 is 2.73 bits per heavy atom. The number of nitrogens with two attached hydrogens (primary N) is 1. The molecule has 0 aliphatic carbocycles. The van der Waals surface area contributed by atoms with Gasteiger partial charge in [0, 0.05) is 36.3 Å². The molecule has 2 aliphatic rings. The Kier molecular flexibility index (Phi) is 8.32. The summed E-state index contributed by atoms with van der Waals surface area (Å²) in [6.07, 6.45) is 0.760. The standard InChI is InChI=1S/C25H31ClN8O6/c1-28-15-4-6-33(7-5-15)17(35)10-39-16-3-2-14(26)8-13(16)9-29-22-19-23(31-11-30-22)34(12-32-19)24-20(36)18(27)21(40-24)25(37)38/h2-3,8,11-12,15,18,20-21,24,28,36H,4-7,9-10,27H2,1H3,(H,37,38)(H,29,30,31). The van der Waals surface area contributed by atoms with E-state index in [1.165, 1.54) is 17.2 Å². The second-order valence-electron chi connectivity index (χ2n) is 9.74. The number of nitrogens with one attached hydrogen (secondary N) is 2. The number of rotatable bonds is 9. The highest BCUT2D eigenvalue weighted by atomic mass is 35.5. The maximum absolute atomic E-state index is 12.7. The van der Waals surface area contributed by atoms with Gasteiger partial charge in [0.1, 0.15) is 18.2 Å². The minimum Gasteiger partial charge on any atom is -0.483 e. The van der Waals surface area contributed by atoms with E-state index in [1.807, 2.05) is 11.9 Å². The lowest BCUT2D eigenvalue weighted by atomic mass is 10.1. The van der Waals surface area contributed by atoms with Gasteiger partial charge in [-0.3, -0.25) is 9.36 Å². The van der Waals surface area contributed by atoms with E-state index < -0.39 is 30.4 Å². The Hall–Kier alpha value is -3.56. The number of hydrogen-bond donors (Lipinski definition) is 5. The van der Waals surface area contributed by atoms with Crippen LogP contribution in [0.3, 0.4) is 0 Å². The van der Waals surface area contributed by atoms with Gasteiger partial charge < -0.3 is 41.0 Å². The Balaban J connectivity index is 1.28. The van der Waals surface area contributed by atoms with E-state index >= 15 is 0 Å². The number of benzene rings is 1. The summed E-state index contributed by atoms with van der Waals surface area (Å²) in [5.41, 5.74) is 7.23. The molecule has 0 radical (unpaired) electrons. The van der Waals surface area contributed by atoms with Crippen LogP contribution in [0, 0.1) is 0 Å². The van der Waals surface area contributed by atoms with Gasteiger partial charge in [-0.1, -0.05) is 11.6 Å². The number of aliphatic hydroxyl groups excluding tert-OH is 1. The monoisotopic (exact) mass is 574 g/mol. The minimum absolute atomic E-state index is 0.0763. The van der Waals surface area contributed by atoms with Crippen molar-refractivity contribution in [1.29, 1.82) is 0 Å². The van der Waals surface area contributed by atoms with Gasteiger partial charge in [0.25, 0.3) is 5.91 Å². The first-order chi connectivity index (χ1) is 19.3. The molecule has 15 heteroatoms. The van der Waals surface area contributed by atoms with Crippen LogP contribution >= 0.6 is 11.6 Å². The summed E-state index contributed by atoms with van der Waals surface area (Å²) in [5.74, 6) is -0.463. The summed E-state index contributed by atoms with van der Waals surface area (Å²) in [6, 6.07) is 4.45. The molecule has 1 amide bonds. The third-order valence-corrected chi connectivity index (χ3v) is 7.51. The molecule has 4 atom stereocenters. The van der Waals surface area contributed by atoms with E-state index in [-0.39, 0.29) is 19.1 Å². The van der Waals surface area contributed by atoms with Gasteiger partial charge in [0.05, 0.1) is 12.4 Å². The molecule has 40 heavy (non-hydrogen) atoms. The summed E-state index contributed by atoms with van der Waals surface area (Å²) < 4.78 is 12.8. The normalized spacial score (nSPS) is 23.4. The quantitative estimate of drug-likeness (QED) is 0.236. The fourth-order valence-electron chi connectivity index (χ4n) is 4.97. The number of aliphatic hydroxyl groups is 1. The van der Waals surface area contributed by atoms with Crippen molar-refractivity contribution in [3.63, 3.8) is 0 Å². The Bertz CT molecular complexity index is 1380. The lowest BCUT2D eigenvalue weighted by molar-refractivity contribution is -0.152. The van der Waals surface area contributed by atoms with Crippen LogP contribution in [0.5, 0.6) is 5.75 Å². The average molecular weight is 575 g/mol. The molecule has 1 aromatic carbocycles. The maximum Gasteiger partial charge on any atom is 0.334 e. The number of carboxylic acid groups (broad SMARTS) is 1. The zero-order chi connectivity index (χ0) is 28.4. The third-order valence-electron chi connectivity index (χ3n) is 7.27. The number of amides is 1. The van der Waals surface area contributed by atoms with Crippen LogP contribution in [-0.2, 0) is 20.9 Å². The smallest absolute Gasteiger partial charge is 0.334 e. The second-order valence-corrected chi connectivity index (χ2v) is 10.2. The first-order valence-electron chi connectivity index (χ1n) is 12.9. The van der Waals surface area contributed by atoms with Crippen LogP contribution < -0.4 is 21.1 Å². The molecule has 2 aliphatic heterocycles. The Labute approximate surface area is 234 Å². The Morgan fingerprint density at radius 1 is 1.25 bits per heavy atom. The van der Waals surface area contributed by atoms with Crippen LogP contribution in [0.1, 0.15) is 24.6 Å². The summed E-state index contributed by atoms with van der Waals surface area (Å²) >= 11 is 6.25. The van der Waals surface area contributed by atoms with Crippen LogP contribution in [0.2, 0.25) is 5.02 Å². The van der Waals surface area contributed by atoms with Crippen molar-refractivity contribution in [2.45, 2.75) is 49.9 Å². The van der Waals surface area contributed by atoms with Crippen molar-refractivity contribution in [3.05, 3.63) is 41.4 Å². The van der Waals surface area contributed by atoms with Crippen LogP contribution in [-0.4, -0.2) is 97.5 Å². The number of aromatic nitrogens is 4. The van der Waals surface area contributed by atoms with Crippen LogP contribution in [0.15, 0.2) is 30.9 Å². The number of nitrogens with zero attached hydrogens (tertiary/aromatic N) is 5. The molecule has 4 heterocycles. The summed E-state index contributed by atoms with van der Waals surface area (Å²) in [4.78, 5) is 38.8. The number of likely N-dealkylation sites (tertiary alicyclic amines) is 1. The van der Waals surface area contributed by atoms with E-state index in [0.29, 0.717) is 52.4 Å². The predicted octanol–water partition coefficient (Wildman–Crippen LogP) is 0.351. The summed E-state index contributed by atoms with van der Waals surface area (Å²) in [7, 11) is 1.93. The second kappa shape index (κ2) is 11.9. The number of fused-ring (bicyclic) bond motifs is 1. The lowest BCUT2D eigenvalue weighted by Gasteiger charge is -2.31. The first-order valence-corrected chi connectivity index (χ1v) is 13.2. The van der Waals surface area contributed by atoms with Crippen molar-refractivity contribution >= 4 is 40.5 Å². The summed E-state index contributed by atoms with van der Waals surface area (Å²) in [5, 5.41) is 26.8. The topological polar surface area (TPSA) is 190 Å². The van der Waals surface area contributed by atoms with Gasteiger partial charge in [0.2, 0.25) is 0 Å². The van der Waals surface area contributed by atoms with Crippen molar-refractivity contribution in [2.75, 3.05) is 32.1 Å². The first kappa shape index (κ1) is 28.0. The fourth-order valence-corrected chi connectivity index (χ4v) is 5.16. The van der Waals surface area contributed by atoms with E-state index in [0.717, 1.165) is 12.8 Å². The number of aliphatic carboxylic acids is 1. The molecular formula is C25H31ClN8O6. The molecule has 14 nitrogen and oxygen atoms in total. The molecule has 5 rings (SSSR count). The summed E-state index contributed by atoms with van der Waals surface area (Å²) in [6.45, 7) is 1.52. The molecule has 2 aromatic heterocycles. The molecular weight excluding hydrogens is 544 g/mol. The number of anilines is 1. The average Bonchev–Trinajstić information content (AvgIpc) is 3.52. The highest BCUT2D eigenvalue weighted by molar-refractivity contribution is 6.30. The number of halogens is 1. The molecule has 2 fully saturated rings. The highest BCUT2D eigenvalue weighted by Gasteiger charge is 2.46. The van der Waals surface area contributed by atoms with Crippen molar-refractivity contribution in [1.82, 2.24) is 29.7 Å². The number of ether oxygens (including phenoxy) is 2. The molecule has 0 saturated carbocycles. The maximum atomic E-state index is 12.7. The zero-order valence-electron chi connectivity index (χ0n) is 21.7. The van der Waals surface area contributed by atoms with E-state index in [4.69, 9.17) is 26.8 Å². The predicted molar refractivity (Wildman–Crippen MR) is 144 cm³/mol. The molecule has 2 saturated heterocycles. The number of carbonyl (C=O) groups is 2. The lowest BCUT2D eigenvalue weighted by Crippen LogP contribution is -2.45. The largest absolute Gasteiger partial charge is 0.483 e. The number of carboxylic acids is 1. The number of hydrogen-bond acceptors (Lipinski definition) is 11. The van der Waals surface area contributed by atoms with Crippen molar-refractivity contribution in [2.24, 2.45) is 5.73 Å². The van der Waals surface area contributed by atoms with Gasteiger partial charge in [0.15, 0.2) is 35.9 Å². The van der Waals surface area contributed by atoms with Crippen LogP contribution in [0.4, 0.5) is 5.82 Å². The van der Waals surface area contributed by atoms with Gasteiger partial charge in [-0.05, 0) is 38.1 Å². The van der Waals surface area contributed by atoms with E-state index in [1.54, 1.807) is 18.2 Å². The van der Waals surface area contributed by atoms with Crippen molar-refractivity contribution in [3.8, 4) is 5.75 Å².